The molecule has 5 N–H and O–H groups in total. The van der Waals surface area contributed by atoms with Crippen molar-refractivity contribution in [1.29, 1.82) is 0 Å². The third-order valence-electron chi connectivity index (χ3n) is 7.74. The predicted molar refractivity (Wildman–Crippen MR) is 182 cm³/mol. The molecule has 0 bridgehead atoms. The van der Waals surface area contributed by atoms with Crippen LogP contribution in [0.25, 0.3) is 11.7 Å². The summed E-state index contributed by atoms with van der Waals surface area (Å²) in [6.07, 6.45) is 4.18. The number of nitrogens with zero attached hydrogens (tertiary/aromatic N) is 5. The Bertz CT molecular complexity index is 1780. The zero-order valence-electron chi connectivity index (χ0n) is 27.8. The number of carboxylic acids is 1. The van der Waals surface area contributed by atoms with Gasteiger partial charge in [-0.2, -0.15) is 0 Å². The van der Waals surface area contributed by atoms with Crippen LogP contribution >= 0.6 is 11.3 Å². The van der Waals surface area contributed by atoms with Crippen LogP contribution in [0.1, 0.15) is 61.6 Å². The molecule has 15 nitrogen and oxygen atoms in total. The number of hydrogen-bond donors (Lipinski definition) is 4. The minimum absolute atomic E-state index is 0.0476. The van der Waals surface area contributed by atoms with E-state index in [9.17, 15) is 29.1 Å². The van der Waals surface area contributed by atoms with E-state index in [2.05, 4.69) is 15.6 Å². The van der Waals surface area contributed by atoms with Crippen molar-refractivity contribution in [3.05, 3.63) is 57.0 Å². The van der Waals surface area contributed by atoms with Crippen LogP contribution in [-0.4, -0.2) is 101 Å². The van der Waals surface area contributed by atoms with Crippen LogP contribution in [0.4, 0.5) is 15.7 Å². The SMILES string of the molecule is CC(C)(C)c1csc(NC(=O)c2ccn3c(=O)c(C=CC(=O)O)c(N4CCC[C@@H](OC(=O)NCCC[N+](C)(C)CC(N)=O)C4)nc3c2)n1. The number of carbonyl (C=O) groups excluding carboxylic acids is 3. The first-order valence-corrected chi connectivity index (χ1v) is 16.4. The maximum absolute atomic E-state index is 13.6. The summed E-state index contributed by atoms with van der Waals surface area (Å²) in [6.45, 7) is 7.95. The number of nitrogens with one attached hydrogen (secondary N) is 2. The van der Waals surface area contributed by atoms with Gasteiger partial charge in [0.2, 0.25) is 0 Å². The number of carboxylic acid groups (broad SMARTS) is 1. The molecule has 4 heterocycles. The largest absolute Gasteiger partial charge is 0.478 e. The summed E-state index contributed by atoms with van der Waals surface area (Å²) in [6, 6.07) is 2.97. The molecule has 1 aliphatic rings. The maximum Gasteiger partial charge on any atom is 0.407 e. The Morgan fingerprint density at radius 1 is 1.23 bits per heavy atom. The number of primary amides is 1. The number of rotatable bonds is 12. The highest BCUT2D eigenvalue weighted by molar-refractivity contribution is 7.14. The summed E-state index contributed by atoms with van der Waals surface area (Å²) in [5, 5.41) is 17.2. The van der Waals surface area contributed by atoms with Gasteiger partial charge in [0.25, 0.3) is 17.4 Å². The molecule has 3 aromatic heterocycles. The van der Waals surface area contributed by atoms with Gasteiger partial charge in [-0.1, -0.05) is 20.8 Å². The summed E-state index contributed by atoms with van der Waals surface area (Å²) < 4.78 is 7.32. The van der Waals surface area contributed by atoms with Gasteiger partial charge in [0.1, 0.15) is 17.6 Å². The number of quaternary nitrogens is 1. The fourth-order valence-electron chi connectivity index (χ4n) is 5.29. The molecule has 1 fully saturated rings. The van der Waals surface area contributed by atoms with E-state index in [1.807, 2.05) is 40.2 Å². The van der Waals surface area contributed by atoms with E-state index in [1.165, 1.54) is 40.1 Å². The third-order valence-corrected chi connectivity index (χ3v) is 8.50. The Morgan fingerprint density at radius 3 is 2.65 bits per heavy atom. The van der Waals surface area contributed by atoms with Crippen molar-refractivity contribution in [3.8, 4) is 0 Å². The van der Waals surface area contributed by atoms with E-state index in [0.29, 0.717) is 48.5 Å². The molecule has 1 saturated heterocycles. The first kappa shape index (κ1) is 36.0. The normalized spacial score (nSPS) is 15.4. The molecule has 0 aliphatic carbocycles. The number of hydrogen-bond acceptors (Lipinski definition) is 10. The summed E-state index contributed by atoms with van der Waals surface area (Å²) in [5.74, 6) is -1.84. The van der Waals surface area contributed by atoms with Crippen LogP contribution in [0.3, 0.4) is 0 Å². The quantitative estimate of drug-likeness (QED) is 0.125. The summed E-state index contributed by atoms with van der Waals surface area (Å²) in [4.78, 5) is 73.0. The monoisotopic (exact) mass is 683 g/mol. The number of anilines is 2. The number of alkyl carbamates (subject to hydrolysis) is 1. The lowest BCUT2D eigenvalue weighted by atomic mass is 9.93. The zero-order chi connectivity index (χ0) is 35.2. The minimum Gasteiger partial charge on any atom is -0.478 e. The van der Waals surface area contributed by atoms with Gasteiger partial charge in [-0.25, -0.2) is 19.6 Å². The Hall–Kier alpha value is -4.83. The van der Waals surface area contributed by atoms with Gasteiger partial charge >= 0.3 is 12.1 Å². The second kappa shape index (κ2) is 14.9. The van der Waals surface area contributed by atoms with Crippen molar-refractivity contribution < 1.29 is 33.5 Å². The van der Waals surface area contributed by atoms with E-state index >= 15 is 0 Å². The number of likely N-dealkylation sites (N-methyl/N-ethyl adjacent to an activating group) is 1. The van der Waals surface area contributed by atoms with Gasteiger partial charge in [0.05, 0.1) is 38.4 Å². The highest BCUT2D eigenvalue weighted by Crippen LogP contribution is 2.27. The topological polar surface area (TPSA) is 198 Å². The molecular weight excluding hydrogens is 640 g/mol. The van der Waals surface area contributed by atoms with Crippen molar-refractivity contribution in [2.24, 2.45) is 5.73 Å². The molecule has 3 aromatic rings. The number of thiazole rings is 1. The van der Waals surface area contributed by atoms with E-state index in [4.69, 9.17) is 15.5 Å². The molecule has 0 saturated carbocycles. The van der Waals surface area contributed by atoms with Gasteiger partial charge in [0, 0.05) is 48.1 Å². The van der Waals surface area contributed by atoms with Gasteiger partial charge in [-0.05, 0) is 31.1 Å². The Labute approximate surface area is 282 Å². The number of nitrogens with two attached hydrogens (primary N) is 1. The van der Waals surface area contributed by atoms with Crippen LogP contribution in [0.2, 0.25) is 0 Å². The zero-order valence-corrected chi connectivity index (χ0v) is 28.6. The molecule has 1 atom stereocenters. The van der Waals surface area contributed by atoms with Crippen molar-refractivity contribution in [3.63, 3.8) is 0 Å². The van der Waals surface area contributed by atoms with Crippen molar-refractivity contribution in [1.82, 2.24) is 19.7 Å². The van der Waals surface area contributed by atoms with Crippen LogP contribution < -0.4 is 26.8 Å². The molecular formula is C32H43N8O7S+. The van der Waals surface area contributed by atoms with Gasteiger partial charge < -0.3 is 30.3 Å². The predicted octanol–water partition coefficient (Wildman–Crippen LogP) is 2.45. The van der Waals surface area contributed by atoms with Gasteiger partial charge in [-0.3, -0.25) is 24.1 Å². The molecule has 0 spiro atoms. The Balaban J connectivity index is 1.52. The molecule has 3 amide bonds. The Kier molecular flexibility index (Phi) is 11.2. The average Bonchev–Trinajstić information content (AvgIpc) is 3.47. The molecule has 258 valence electrons. The highest BCUT2D eigenvalue weighted by Gasteiger charge is 2.27. The second-order valence-corrected chi connectivity index (χ2v) is 14.2. The molecule has 0 aromatic carbocycles. The fourth-order valence-corrected chi connectivity index (χ4v) is 6.22. The van der Waals surface area contributed by atoms with Crippen LogP contribution in [0.5, 0.6) is 0 Å². The lowest BCUT2D eigenvalue weighted by molar-refractivity contribution is -0.882. The standard InChI is InChI=1S/C32H42N8O7S/c1-32(2,3)23-19-48-30(35-23)37-28(44)20-11-14-39-25(16-20)36-27(22(29(39)45)9-10-26(42)43)38-13-6-8-21(17-38)47-31(46)34-12-7-15-40(4,5)18-24(33)41/h9-11,14,16,19,21H,6-8,12-13,15,17-18H2,1-5H3,(H4-,33,34,35,37,41,42,43,44,46)/p+1/t21-/m1/s1. The summed E-state index contributed by atoms with van der Waals surface area (Å²) in [5.41, 5.74) is 5.94. The third kappa shape index (κ3) is 9.60. The molecule has 1 aliphatic heterocycles. The summed E-state index contributed by atoms with van der Waals surface area (Å²) in [7, 11) is 3.76. The molecule has 0 radical (unpaired) electrons. The molecule has 0 unspecified atom stereocenters. The first-order valence-electron chi connectivity index (χ1n) is 15.6. The van der Waals surface area contributed by atoms with Crippen molar-refractivity contribution >= 4 is 57.9 Å². The number of aromatic nitrogens is 3. The van der Waals surface area contributed by atoms with Crippen LogP contribution in [0, 0.1) is 0 Å². The lowest BCUT2D eigenvalue weighted by Gasteiger charge is -2.34. The average molecular weight is 684 g/mol. The number of ether oxygens (including phenoxy) is 1. The minimum atomic E-state index is -1.23. The number of pyridine rings is 1. The highest BCUT2D eigenvalue weighted by atomic mass is 32.1. The summed E-state index contributed by atoms with van der Waals surface area (Å²) >= 11 is 1.32. The molecule has 48 heavy (non-hydrogen) atoms. The van der Waals surface area contributed by atoms with E-state index in [0.717, 1.165) is 11.8 Å². The van der Waals surface area contributed by atoms with Crippen molar-refractivity contribution in [2.45, 2.75) is 51.6 Å². The van der Waals surface area contributed by atoms with E-state index < -0.39 is 35.5 Å². The van der Waals surface area contributed by atoms with Gasteiger partial charge in [-0.15, -0.1) is 11.3 Å². The Morgan fingerprint density at radius 2 is 1.98 bits per heavy atom. The molecule has 16 heteroatoms. The van der Waals surface area contributed by atoms with Crippen LogP contribution in [-0.2, 0) is 19.7 Å². The van der Waals surface area contributed by atoms with Crippen molar-refractivity contribution in [2.75, 3.05) is 57.0 Å². The number of aliphatic carboxylic acids is 1. The van der Waals surface area contributed by atoms with E-state index in [-0.39, 0.29) is 41.1 Å². The number of amides is 3. The smallest absolute Gasteiger partial charge is 0.407 e. The first-order chi connectivity index (χ1) is 22.5. The fraction of sp³-hybridized carbons (Fsp3) is 0.469. The lowest BCUT2D eigenvalue weighted by Crippen LogP contribution is -2.47. The second-order valence-electron chi connectivity index (χ2n) is 13.4. The number of fused-ring (bicyclic) bond motifs is 1. The maximum atomic E-state index is 13.6. The molecule has 4 rings (SSSR count). The number of carbonyl (C=O) groups is 4. The van der Waals surface area contributed by atoms with E-state index in [1.54, 1.807) is 4.90 Å². The van der Waals surface area contributed by atoms with Gasteiger partial charge in [0.15, 0.2) is 11.7 Å². The van der Waals surface area contributed by atoms with Crippen LogP contribution in [0.15, 0.2) is 34.6 Å². The number of piperidine rings is 1.